The number of para-hydroxylation sites is 1. The van der Waals surface area contributed by atoms with Crippen LogP contribution < -0.4 is 4.90 Å². The number of rotatable bonds is 5. The van der Waals surface area contributed by atoms with Crippen LogP contribution in [0.15, 0.2) is 78.9 Å². The molecule has 4 aliphatic rings. The highest BCUT2D eigenvalue weighted by molar-refractivity contribution is 6.22. The third-order valence-corrected chi connectivity index (χ3v) is 8.55. The van der Waals surface area contributed by atoms with Crippen LogP contribution in [0, 0.1) is 23.7 Å². The van der Waals surface area contributed by atoms with E-state index >= 15 is 0 Å². The second-order valence-corrected chi connectivity index (χ2v) is 10.5. The lowest BCUT2D eigenvalue weighted by molar-refractivity contribution is -0.163. The van der Waals surface area contributed by atoms with E-state index in [0.717, 1.165) is 31.2 Å². The molecule has 0 radical (unpaired) electrons. The second kappa shape index (κ2) is 9.53. The third-order valence-electron chi connectivity index (χ3n) is 8.55. The molecule has 3 fully saturated rings. The van der Waals surface area contributed by atoms with Crippen LogP contribution >= 0.6 is 0 Å². The van der Waals surface area contributed by atoms with E-state index in [2.05, 4.69) is 29.2 Å². The Bertz CT molecular complexity index is 1200. The molecule has 3 amide bonds. The highest BCUT2D eigenvalue weighted by Crippen LogP contribution is 2.49. The normalized spacial score (nSPS) is 30.7. The van der Waals surface area contributed by atoms with Crippen molar-refractivity contribution in [3.63, 3.8) is 0 Å². The largest absolute Gasteiger partial charge is 0.332 e. The molecule has 2 aliphatic heterocycles. The molecule has 0 spiro atoms. The summed E-state index contributed by atoms with van der Waals surface area (Å²) >= 11 is 0. The minimum absolute atomic E-state index is 0.0668. The van der Waals surface area contributed by atoms with Crippen LogP contribution in [-0.2, 0) is 14.4 Å². The molecule has 2 aliphatic carbocycles. The van der Waals surface area contributed by atoms with Crippen LogP contribution in [0.2, 0.25) is 0 Å². The summed E-state index contributed by atoms with van der Waals surface area (Å²) < 4.78 is 0. The lowest BCUT2D eigenvalue weighted by Gasteiger charge is -2.54. The summed E-state index contributed by atoms with van der Waals surface area (Å²) in [7, 11) is 0. The second-order valence-electron chi connectivity index (χ2n) is 10.5. The maximum atomic E-state index is 13.8. The van der Waals surface area contributed by atoms with Crippen LogP contribution in [-0.4, -0.2) is 34.7 Å². The van der Waals surface area contributed by atoms with Gasteiger partial charge in [-0.2, -0.15) is 0 Å². The molecule has 5 heteroatoms. The van der Waals surface area contributed by atoms with Gasteiger partial charge in [0.15, 0.2) is 0 Å². The first-order valence-corrected chi connectivity index (χ1v) is 13.3. The Balaban J connectivity index is 1.32. The van der Waals surface area contributed by atoms with Crippen molar-refractivity contribution >= 4 is 29.5 Å². The Hall–Kier alpha value is -3.47. The predicted molar refractivity (Wildman–Crippen MR) is 140 cm³/mol. The van der Waals surface area contributed by atoms with Gasteiger partial charge >= 0.3 is 0 Å². The summed E-state index contributed by atoms with van der Waals surface area (Å²) in [5, 5.41) is 0. The third kappa shape index (κ3) is 3.82. The van der Waals surface area contributed by atoms with Gasteiger partial charge < -0.3 is 4.90 Å². The molecule has 2 aromatic rings. The van der Waals surface area contributed by atoms with Gasteiger partial charge in [-0.15, -0.1) is 0 Å². The van der Waals surface area contributed by atoms with E-state index in [9.17, 15) is 14.4 Å². The molecule has 0 bridgehead atoms. The Morgan fingerprint density at radius 2 is 1.44 bits per heavy atom. The molecule has 0 aromatic heterocycles. The number of β-lactam (4-membered cyclic amide) rings is 1. The lowest BCUT2D eigenvalue weighted by atomic mass is 9.65. The maximum absolute atomic E-state index is 13.8. The number of amides is 3. The monoisotopic (exact) mass is 480 g/mol. The summed E-state index contributed by atoms with van der Waals surface area (Å²) in [6, 6.07) is 19.5. The number of benzene rings is 2. The Labute approximate surface area is 212 Å². The average molecular weight is 481 g/mol. The van der Waals surface area contributed by atoms with E-state index in [1.165, 1.54) is 11.3 Å². The number of hydrogen-bond acceptors (Lipinski definition) is 3. The van der Waals surface area contributed by atoms with Gasteiger partial charge in [-0.3, -0.25) is 19.3 Å². The van der Waals surface area contributed by atoms with Crippen molar-refractivity contribution in [1.82, 2.24) is 4.90 Å². The summed E-state index contributed by atoms with van der Waals surface area (Å²) in [4.78, 5) is 44.3. The first kappa shape index (κ1) is 23.0. The first-order valence-electron chi connectivity index (χ1n) is 13.3. The quantitative estimate of drug-likeness (QED) is 0.334. The van der Waals surface area contributed by atoms with Gasteiger partial charge in [-0.1, -0.05) is 92.1 Å². The minimum Gasteiger partial charge on any atom is -0.332 e. The van der Waals surface area contributed by atoms with Crippen LogP contribution in [0.4, 0.5) is 5.69 Å². The molecule has 2 saturated heterocycles. The summed E-state index contributed by atoms with van der Waals surface area (Å²) in [5.74, 6) is -1.65. The number of carbonyl (C=O) groups is 3. The van der Waals surface area contributed by atoms with E-state index in [1.807, 2.05) is 48.6 Å². The summed E-state index contributed by atoms with van der Waals surface area (Å²) in [6.07, 6.45) is 14.5. The minimum atomic E-state index is -0.488. The molecule has 0 unspecified atom stereocenters. The van der Waals surface area contributed by atoms with E-state index < -0.39 is 11.8 Å². The number of carbonyl (C=O) groups excluding carboxylic acids is 3. The Morgan fingerprint density at radius 1 is 0.750 bits per heavy atom. The molecule has 5 nitrogen and oxygen atoms in total. The van der Waals surface area contributed by atoms with Crippen LogP contribution in [0.3, 0.4) is 0 Å². The zero-order valence-electron chi connectivity index (χ0n) is 20.4. The highest BCUT2D eigenvalue weighted by Gasteiger charge is 2.60. The molecular weight excluding hydrogens is 448 g/mol. The number of allylic oxidation sites excluding steroid dienone is 2. The summed E-state index contributed by atoms with van der Waals surface area (Å²) in [5.41, 5.74) is 1.71. The van der Waals surface area contributed by atoms with Crippen LogP contribution in [0.1, 0.15) is 44.1 Å². The molecule has 6 rings (SSSR count). The van der Waals surface area contributed by atoms with Crippen molar-refractivity contribution in [2.75, 3.05) is 4.90 Å². The molecule has 1 saturated carbocycles. The van der Waals surface area contributed by atoms with Gasteiger partial charge in [0.2, 0.25) is 17.7 Å². The van der Waals surface area contributed by atoms with E-state index in [4.69, 9.17) is 0 Å². The molecule has 2 heterocycles. The maximum Gasteiger partial charge on any atom is 0.238 e. The van der Waals surface area contributed by atoms with Gasteiger partial charge in [-0.05, 0) is 37.0 Å². The zero-order chi connectivity index (χ0) is 24.6. The first-order chi connectivity index (χ1) is 17.6. The topological polar surface area (TPSA) is 57.7 Å². The number of likely N-dealkylation sites (tertiary alicyclic amines) is 1. The number of hydrogen-bond donors (Lipinski definition) is 0. The van der Waals surface area contributed by atoms with Gasteiger partial charge in [0.05, 0.1) is 29.5 Å². The van der Waals surface area contributed by atoms with E-state index in [-0.39, 0.29) is 41.6 Å². The fourth-order valence-electron chi connectivity index (χ4n) is 6.82. The molecular formula is C31H32N2O3. The predicted octanol–water partition coefficient (Wildman–Crippen LogP) is 5.24. The molecule has 2 aromatic carbocycles. The molecule has 184 valence electrons. The number of nitrogens with zero attached hydrogens (tertiary/aromatic N) is 2. The van der Waals surface area contributed by atoms with Crippen molar-refractivity contribution in [2.45, 2.75) is 50.6 Å². The molecule has 5 atom stereocenters. The fourth-order valence-corrected chi connectivity index (χ4v) is 6.82. The van der Waals surface area contributed by atoms with Crippen LogP contribution in [0.25, 0.3) is 6.08 Å². The molecule has 0 N–H and O–H groups in total. The number of anilines is 1. The van der Waals surface area contributed by atoms with Gasteiger partial charge in [-0.25, -0.2) is 0 Å². The van der Waals surface area contributed by atoms with Crippen molar-refractivity contribution in [3.05, 3.63) is 84.5 Å². The summed E-state index contributed by atoms with van der Waals surface area (Å²) in [6.45, 7) is 0. The molecule has 36 heavy (non-hydrogen) atoms. The van der Waals surface area contributed by atoms with Crippen molar-refractivity contribution in [3.8, 4) is 0 Å². The highest BCUT2D eigenvalue weighted by atomic mass is 16.2. The van der Waals surface area contributed by atoms with E-state index in [1.54, 1.807) is 12.1 Å². The van der Waals surface area contributed by atoms with Crippen molar-refractivity contribution in [1.29, 1.82) is 0 Å². The van der Waals surface area contributed by atoms with Gasteiger partial charge in [0.1, 0.15) is 0 Å². The van der Waals surface area contributed by atoms with Gasteiger partial charge in [0, 0.05) is 12.0 Å². The van der Waals surface area contributed by atoms with Crippen molar-refractivity contribution in [2.24, 2.45) is 23.7 Å². The van der Waals surface area contributed by atoms with Crippen molar-refractivity contribution < 1.29 is 14.4 Å². The standard InChI is InChI=1S/C31H32N2O3/c34-29-25-18-10-17-24(27(25)30(35)33(29)23-15-8-3-9-16-23)28-26(20-19-21-11-4-1-5-12-21)32(31(28)36)22-13-6-2-7-14-22/h1,3-5,8-12,15-17,19-20,22,24-28H,2,6-7,13-14,18H2/b20-19+/t24-,25-,26-,27+,28+/m1/s1. The lowest BCUT2D eigenvalue weighted by Crippen LogP contribution is -2.66. The van der Waals surface area contributed by atoms with Gasteiger partial charge in [0.25, 0.3) is 0 Å². The average Bonchev–Trinajstić information content (AvgIpc) is 3.18. The Kier molecular flexibility index (Phi) is 6.08. The van der Waals surface area contributed by atoms with Crippen LogP contribution in [0.5, 0.6) is 0 Å². The Morgan fingerprint density at radius 3 is 2.17 bits per heavy atom. The smallest absolute Gasteiger partial charge is 0.238 e. The fraction of sp³-hybridized carbons (Fsp3) is 0.387. The SMILES string of the molecule is O=C1[C@H]2[C@H]([C@@H]3C(=O)N(C4CCCCC4)[C@@H]3/C=C/c3ccccc3)C=CC[C@H]2C(=O)N1c1ccccc1. The number of imide groups is 1. The van der Waals surface area contributed by atoms with E-state index in [0.29, 0.717) is 12.1 Å². The number of fused-ring (bicyclic) bond motifs is 1. The zero-order valence-corrected chi connectivity index (χ0v) is 20.4.